The number of aliphatic hydroxyl groups excluding tert-OH is 1. The summed E-state index contributed by atoms with van der Waals surface area (Å²) in [6.45, 7) is 1.12. The molecule has 0 radical (unpaired) electrons. The molecule has 6 nitrogen and oxygen atoms in total. The Morgan fingerprint density at radius 1 is 1.29 bits per heavy atom. The molecule has 0 heterocycles. The van der Waals surface area contributed by atoms with Crippen LogP contribution in [-0.2, 0) is 26.1 Å². The fourth-order valence-electron chi connectivity index (χ4n) is 1.56. The number of aliphatic hydroxyl groups is 1. The number of hydrogen-bond acceptors (Lipinski definition) is 5. The first kappa shape index (κ1) is 18.0. The minimum absolute atomic E-state index is 0.149. The van der Waals surface area contributed by atoms with Gasteiger partial charge in [-0.2, -0.15) is 0 Å². The number of ether oxygens (including phenoxy) is 2. The number of methoxy groups -OCH3 is 1. The van der Waals surface area contributed by atoms with Crippen molar-refractivity contribution in [3.63, 3.8) is 0 Å². The van der Waals surface area contributed by atoms with E-state index < -0.39 is 20.7 Å². The topological polar surface area (TPSA) is 84.9 Å². The monoisotopic (exact) mass is 321 g/mol. The minimum atomic E-state index is -3.90. The van der Waals surface area contributed by atoms with Gasteiger partial charge in [0, 0.05) is 20.3 Å². The van der Waals surface area contributed by atoms with Gasteiger partial charge in [-0.05, 0) is 24.1 Å². The molecule has 0 saturated heterocycles. The highest BCUT2D eigenvalue weighted by Gasteiger charge is 2.18. The number of hydrogen-bond donors (Lipinski definition) is 2. The van der Waals surface area contributed by atoms with E-state index in [9.17, 15) is 12.8 Å². The maximum Gasteiger partial charge on any atom is 0.243 e. The largest absolute Gasteiger partial charge is 0.392 e. The van der Waals surface area contributed by atoms with Crippen LogP contribution in [0.2, 0.25) is 0 Å². The van der Waals surface area contributed by atoms with E-state index in [2.05, 4.69) is 4.72 Å². The Morgan fingerprint density at radius 3 is 2.67 bits per heavy atom. The smallest absolute Gasteiger partial charge is 0.243 e. The normalized spacial score (nSPS) is 11.8. The summed E-state index contributed by atoms with van der Waals surface area (Å²) in [5.74, 6) is -0.884. The third-order valence-corrected chi connectivity index (χ3v) is 4.15. The molecule has 0 unspecified atom stereocenters. The number of nitrogens with one attached hydrogen (secondary N) is 1. The van der Waals surface area contributed by atoms with Crippen LogP contribution in [0.25, 0.3) is 0 Å². The second-order valence-corrected chi connectivity index (χ2v) is 6.01. The van der Waals surface area contributed by atoms with Crippen molar-refractivity contribution in [1.29, 1.82) is 0 Å². The number of halogens is 1. The van der Waals surface area contributed by atoms with Crippen molar-refractivity contribution in [2.75, 3.05) is 33.5 Å². The Balaban J connectivity index is 2.46. The summed E-state index contributed by atoms with van der Waals surface area (Å²) in [5, 5.41) is 8.86. The van der Waals surface area contributed by atoms with Crippen LogP contribution in [0.3, 0.4) is 0 Å². The molecule has 0 saturated carbocycles. The first-order valence-corrected chi connectivity index (χ1v) is 7.95. The molecule has 0 atom stereocenters. The van der Waals surface area contributed by atoms with E-state index in [1.54, 1.807) is 7.11 Å². The van der Waals surface area contributed by atoms with E-state index in [4.69, 9.17) is 14.6 Å². The van der Waals surface area contributed by atoms with E-state index in [0.29, 0.717) is 31.8 Å². The molecule has 0 fully saturated rings. The lowest BCUT2D eigenvalue weighted by Crippen LogP contribution is -2.26. The molecule has 21 heavy (non-hydrogen) atoms. The first-order chi connectivity index (χ1) is 10.0. The van der Waals surface area contributed by atoms with Gasteiger partial charge >= 0.3 is 0 Å². The van der Waals surface area contributed by atoms with Crippen molar-refractivity contribution in [2.24, 2.45) is 0 Å². The molecule has 0 aliphatic rings. The van der Waals surface area contributed by atoms with E-state index in [1.807, 2.05) is 0 Å². The third-order valence-electron chi connectivity index (χ3n) is 2.66. The van der Waals surface area contributed by atoms with Crippen molar-refractivity contribution in [3.8, 4) is 0 Å². The zero-order valence-corrected chi connectivity index (χ0v) is 12.7. The predicted octanol–water partition coefficient (Wildman–Crippen LogP) is 0.649. The van der Waals surface area contributed by atoms with Gasteiger partial charge < -0.3 is 14.6 Å². The molecule has 8 heteroatoms. The molecule has 0 bridgehead atoms. The molecule has 0 aliphatic heterocycles. The van der Waals surface area contributed by atoms with Gasteiger partial charge in [-0.25, -0.2) is 17.5 Å². The SMILES string of the molecule is COCCOCCCNS(=O)(=O)c1ccc(CO)cc1F. The summed E-state index contributed by atoms with van der Waals surface area (Å²) in [7, 11) is -2.34. The zero-order valence-electron chi connectivity index (χ0n) is 11.8. The second-order valence-electron chi connectivity index (χ2n) is 4.28. The van der Waals surface area contributed by atoms with Crippen molar-refractivity contribution >= 4 is 10.0 Å². The van der Waals surface area contributed by atoms with Crippen LogP contribution in [0.4, 0.5) is 4.39 Å². The van der Waals surface area contributed by atoms with Crippen molar-refractivity contribution < 1.29 is 27.4 Å². The van der Waals surface area contributed by atoms with Crippen LogP contribution >= 0.6 is 0 Å². The Hall–Kier alpha value is -1.06. The van der Waals surface area contributed by atoms with Crippen LogP contribution in [0.15, 0.2) is 23.1 Å². The molecule has 2 N–H and O–H groups in total. The third kappa shape index (κ3) is 6.06. The van der Waals surface area contributed by atoms with Gasteiger partial charge in [-0.15, -0.1) is 0 Å². The highest BCUT2D eigenvalue weighted by atomic mass is 32.2. The fraction of sp³-hybridized carbons (Fsp3) is 0.538. The molecular weight excluding hydrogens is 301 g/mol. The average Bonchev–Trinajstić information content (AvgIpc) is 2.45. The summed E-state index contributed by atoms with van der Waals surface area (Å²) >= 11 is 0. The van der Waals surface area contributed by atoms with Gasteiger partial charge in [0.1, 0.15) is 10.7 Å². The highest BCUT2D eigenvalue weighted by molar-refractivity contribution is 7.89. The van der Waals surface area contributed by atoms with Crippen molar-refractivity contribution in [1.82, 2.24) is 4.72 Å². The lowest BCUT2D eigenvalue weighted by atomic mass is 10.2. The molecule has 120 valence electrons. The van der Waals surface area contributed by atoms with Crippen LogP contribution in [0.5, 0.6) is 0 Å². The van der Waals surface area contributed by atoms with Crippen molar-refractivity contribution in [2.45, 2.75) is 17.9 Å². The van der Waals surface area contributed by atoms with Gasteiger partial charge in [0.05, 0.1) is 19.8 Å². The first-order valence-electron chi connectivity index (χ1n) is 6.47. The molecule has 0 amide bonds. The highest BCUT2D eigenvalue weighted by Crippen LogP contribution is 2.15. The van der Waals surface area contributed by atoms with E-state index >= 15 is 0 Å². The van der Waals surface area contributed by atoms with Crippen LogP contribution in [-0.4, -0.2) is 47.0 Å². The van der Waals surface area contributed by atoms with Gasteiger partial charge in [0.2, 0.25) is 10.0 Å². The van der Waals surface area contributed by atoms with E-state index in [-0.39, 0.29) is 13.2 Å². The summed E-state index contributed by atoms with van der Waals surface area (Å²) in [5.41, 5.74) is 0.318. The standard InChI is InChI=1S/C13H20FNO5S/c1-19-7-8-20-6-2-5-15-21(17,18)13-4-3-11(10-16)9-12(13)14/h3-4,9,15-16H,2,5-8,10H2,1H3. The summed E-state index contributed by atoms with van der Waals surface area (Å²) in [6.07, 6.45) is 0.472. The number of sulfonamides is 1. The lowest BCUT2D eigenvalue weighted by Gasteiger charge is -2.09. The number of rotatable bonds is 10. The molecule has 0 spiro atoms. The quantitative estimate of drug-likeness (QED) is 0.618. The second kappa shape index (κ2) is 9.06. The Morgan fingerprint density at radius 2 is 2.05 bits per heavy atom. The molecule has 0 aliphatic carbocycles. The average molecular weight is 321 g/mol. The molecule has 0 aromatic heterocycles. The van der Waals surface area contributed by atoms with Gasteiger partial charge in [0.25, 0.3) is 0 Å². The maximum atomic E-state index is 13.7. The van der Waals surface area contributed by atoms with Gasteiger partial charge in [-0.3, -0.25) is 0 Å². The Kier molecular flexibility index (Phi) is 7.76. The molecule has 1 aromatic carbocycles. The van der Waals surface area contributed by atoms with Crippen molar-refractivity contribution in [3.05, 3.63) is 29.6 Å². The van der Waals surface area contributed by atoms with E-state index in [0.717, 1.165) is 12.1 Å². The minimum Gasteiger partial charge on any atom is -0.392 e. The Bertz CT molecular complexity index is 535. The van der Waals surface area contributed by atoms with Gasteiger partial charge in [0.15, 0.2) is 0 Å². The maximum absolute atomic E-state index is 13.7. The van der Waals surface area contributed by atoms with Gasteiger partial charge in [-0.1, -0.05) is 6.07 Å². The fourth-order valence-corrected chi connectivity index (χ4v) is 2.69. The van der Waals surface area contributed by atoms with Crippen LogP contribution in [0.1, 0.15) is 12.0 Å². The van der Waals surface area contributed by atoms with Crippen LogP contribution in [0, 0.1) is 5.82 Å². The summed E-state index contributed by atoms with van der Waals surface area (Å²) in [6, 6.07) is 3.51. The van der Waals surface area contributed by atoms with E-state index in [1.165, 1.54) is 6.07 Å². The lowest BCUT2D eigenvalue weighted by molar-refractivity contribution is 0.0699. The predicted molar refractivity (Wildman–Crippen MR) is 74.8 cm³/mol. The molecule has 1 rings (SSSR count). The van der Waals surface area contributed by atoms with Crippen LogP contribution < -0.4 is 4.72 Å². The molecule has 1 aromatic rings. The Labute approximate surface area is 123 Å². The molecular formula is C13H20FNO5S. The summed E-state index contributed by atoms with van der Waals surface area (Å²) in [4.78, 5) is -0.431. The summed E-state index contributed by atoms with van der Waals surface area (Å²) < 4.78 is 49.8. The zero-order chi connectivity index (χ0) is 15.7. The number of benzene rings is 1.